The van der Waals surface area contributed by atoms with Crippen LogP contribution in [0.4, 0.5) is 0 Å². The number of hydrogen-bond donors (Lipinski definition) is 2. The summed E-state index contributed by atoms with van der Waals surface area (Å²) in [4.78, 5) is 0. The number of halogens is 1. The maximum absolute atomic E-state index is 9.29. The lowest BCUT2D eigenvalue weighted by atomic mass is 10.1. The van der Waals surface area contributed by atoms with E-state index in [4.69, 9.17) is 16.3 Å². The number of nitrogens with one attached hydrogen (secondary N) is 1. The fourth-order valence-electron chi connectivity index (χ4n) is 1.91. The van der Waals surface area contributed by atoms with E-state index < -0.39 is 0 Å². The standard InChI is InChI=1S/C12H16ClNO2/c1-8-11(4-5-16-8)14-7-9-2-3-12(15)10(13)6-9/h2-3,6,8,11,14-15H,4-5,7H2,1H3. The molecule has 16 heavy (non-hydrogen) atoms. The molecule has 0 amide bonds. The van der Waals surface area contributed by atoms with Crippen LogP contribution in [-0.4, -0.2) is 23.9 Å². The molecule has 0 radical (unpaired) electrons. The molecular weight excluding hydrogens is 226 g/mol. The molecule has 88 valence electrons. The van der Waals surface area contributed by atoms with Crippen molar-refractivity contribution < 1.29 is 9.84 Å². The van der Waals surface area contributed by atoms with Crippen LogP contribution in [0, 0.1) is 0 Å². The van der Waals surface area contributed by atoms with E-state index in [0.717, 1.165) is 25.1 Å². The molecule has 0 aliphatic carbocycles. The molecule has 2 rings (SSSR count). The van der Waals surface area contributed by atoms with Crippen molar-refractivity contribution in [2.24, 2.45) is 0 Å². The van der Waals surface area contributed by atoms with Crippen LogP contribution in [0.25, 0.3) is 0 Å². The predicted octanol–water partition coefficient (Wildman–Crippen LogP) is 2.31. The summed E-state index contributed by atoms with van der Waals surface area (Å²) in [5.74, 6) is 0.128. The number of aromatic hydroxyl groups is 1. The van der Waals surface area contributed by atoms with E-state index in [2.05, 4.69) is 12.2 Å². The van der Waals surface area contributed by atoms with Gasteiger partial charge in [0.15, 0.2) is 0 Å². The molecule has 1 aliphatic heterocycles. The van der Waals surface area contributed by atoms with Gasteiger partial charge in [-0.15, -0.1) is 0 Å². The van der Waals surface area contributed by atoms with Crippen molar-refractivity contribution in [1.82, 2.24) is 5.32 Å². The van der Waals surface area contributed by atoms with Crippen molar-refractivity contribution in [2.45, 2.75) is 32.0 Å². The van der Waals surface area contributed by atoms with Gasteiger partial charge in [0.2, 0.25) is 0 Å². The van der Waals surface area contributed by atoms with Gasteiger partial charge in [0, 0.05) is 19.2 Å². The summed E-state index contributed by atoms with van der Waals surface area (Å²) in [6.45, 7) is 3.65. The lowest BCUT2D eigenvalue weighted by molar-refractivity contribution is 0.113. The summed E-state index contributed by atoms with van der Waals surface area (Å²) >= 11 is 5.84. The number of hydrogen-bond acceptors (Lipinski definition) is 3. The van der Waals surface area contributed by atoms with Gasteiger partial charge in [-0.1, -0.05) is 17.7 Å². The molecule has 0 bridgehead atoms. The van der Waals surface area contributed by atoms with Crippen molar-refractivity contribution in [3.05, 3.63) is 28.8 Å². The van der Waals surface area contributed by atoms with Crippen molar-refractivity contribution in [3.63, 3.8) is 0 Å². The van der Waals surface area contributed by atoms with Crippen LogP contribution in [0.1, 0.15) is 18.9 Å². The molecule has 4 heteroatoms. The second-order valence-electron chi connectivity index (χ2n) is 4.14. The first-order chi connectivity index (χ1) is 7.66. The lowest BCUT2D eigenvalue weighted by Crippen LogP contribution is -2.34. The van der Waals surface area contributed by atoms with Gasteiger partial charge >= 0.3 is 0 Å². The van der Waals surface area contributed by atoms with E-state index in [-0.39, 0.29) is 11.9 Å². The number of benzene rings is 1. The highest BCUT2D eigenvalue weighted by Crippen LogP contribution is 2.23. The molecule has 2 unspecified atom stereocenters. The third kappa shape index (κ3) is 2.67. The summed E-state index contributed by atoms with van der Waals surface area (Å²) < 4.78 is 5.47. The van der Waals surface area contributed by atoms with Crippen LogP contribution in [0.2, 0.25) is 5.02 Å². The normalized spacial score (nSPS) is 24.9. The summed E-state index contributed by atoms with van der Waals surface area (Å²) in [5.41, 5.74) is 1.07. The van der Waals surface area contributed by atoms with Gasteiger partial charge in [0.1, 0.15) is 5.75 Å². The molecule has 2 N–H and O–H groups in total. The highest BCUT2D eigenvalue weighted by atomic mass is 35.5. The van der Waals surface area contributed by atoms with Crippen LogP contribution in [0.15, 0.2) is 18.2 Å². The SMILES string of the molecule is CC1OCCC1NCc1ccc(O)c(Cl)c1. The smallest absolute Gasteiger partial charge is 0.134 e. The van der Waals surface area contributed by atoms with Crippen LogP contribution < -0.4 is 5.32 Å². The van der Waals surface area contributed by atoms with Gasteiger partial charge in [-0.2, -0.15) is 0 Å². The third-order valence-electron chi connectivity index (χ3n) is 2.96. The Morgan fingerprint density at radius 1 is 1.56 bits per heavy atom. The molecule has 0 saturated carbocycles. The predicted molar refractivity (Wildman–Crippen MR) is 63.8 cm³/mol. The average molecular weight is 242 g/mol. The minimum Gasteiger partial charge on any atom is -0.506 e. The molecule has 1 heterocycles. The van der Waals surface area contributed by atoms with Crippen molar-refractivity contribution in [3.8, 4) is 5.75 Å². The minimum absolute atomic E-state index is 0.128. The zero-order valence-corrected chi connectivity index (χ0v) is 10.00. The zero-order chi connectivity index (χ0) is 11.5. The minimum atomic E-state index is 0.128. The Morgan fingerprint density at radius 3 is 3.00 bits per heavy atom. The van der Waals surface area contributed by atoms with Gasteiger partial charge in [-0.05, 0) is 31.0 Å². The molecule has 3 nitrogen and oxygen atoms in total. The van der Waals surface area contributed by atoms with E-state index in [1.165, 1.54) is 0 Å². The molecule has 1 aromatic carbocycles. The van der Waals surface area contributed by atoms with Crippen molar-refractivity contribution in [1.29, 1.82) is 0 Å². The topological polar surface area (TPSA) is 41.5 Å². The van der Waals surface area contributed by atoms with E-state index in [0.29, 0.717) is 11.1 Å². The van der Waals surface area contributed by atoms with E-state index in [1.807, 2.05) is 6.07 Å². The molecule has 1 aromatic rings. The molecule has 0 spiro atoms. The van der Waals surface area contributed by atoms with Gasteiger partial charge < -0.3 is 15.2 Å². The van der Waals surface area contributed by atoms with Gasteiger partial charge in [0.05, 0.1) is 11.1 Å². The Hall–Kier alpha value is -0.770. The third-order valence-corrected chi connectivity index (χ3v) is 3.26. The quantitative estimate of drug-likeness (QED) is 0.854. The Kier molecular flexibility index (Phi) is 3.69. The fourth-order valence-corrected chi connectivity index (χ4v) is 2.11. The molecule has 1 aliphatic rings. The monoisotopic (exact) mass is 241 g/mol. The van der Waals surface area contributed by atoms with Crippen molar-refractivity contribution >= 4 is 11.6 Å². The number of ether oxygens (including phenoxy) is 1. The maximum Gasteiger partial charge on any atom is 0.134 e. The van der Waals surface area contributed by atoms with Crippen LogP contribution in [0.3, 0.4) is 0 Å². The second kappa shape index (κ2) is 5.04. The highest BCUT2D eigenvalue weighted by molar-refractivity contribution is 6.32. The molecule has 0 aromatic heterocycles. The zero-order valence-electron chi connectivity index (χ0n) is 9.24. The van der Waals surface area contributed by atoms with Gasteiger partial charge in [-0.3, -0.25) is 0 Å². The highest BCUT2D eigenvalue weighted by Gasteiger charge is 2.23. The number of phenolic OH excluding ortho intramolecular Hbond substituents is 1. The lowest BCUT2D eigenvalue weighted by Gasteiger charge is -2.16. The second-order valence-corrected chi connectivity index (χ2v) is 4.54. The van der Waals surface area contributed by atoms with Gasteiger partial charge in [0.25, 0.3) is 0 Å². The number of phenols is 1. The van der Waals surface area contributed by atoms with Crippen LogP contribution >= 0.6 is 11.6 Å². The van der Waals surface area contributed by atoms with E-state index in [1.54, 1.807) is 12.1 Å². The Morgan fingerprint density at radius 2 is 2.38 bits per heavy atom. The first-order valence-corrected chi connectivity index (χ1v) is 5.87. The Labute approximate surface area is 100 Å². The van der Waals surface area contributed by atoms with Crippen molar-refractivity contribution in [2.75, 3.05) is 6.61 Å². The van der Waals surface area contributed by atoms with E-state index in [9.17, 15) is 5.11 Å². The van der Waals surface area contributed by atoms with Gasteiger partial charge in [-0.25, -0.2) is 0 Å². The molecular formula is C12H16ClNO2. The summed E-state index contributed by atoms with van der Waals surface area (Å²) in [6, 6.07) is 5.68. The average Bonchev–Trinajstić information content (AvgIpc) is 2.66. The summed E-state index contributed by atoms with van der Waals surface area (Å²) in [5, 5.41) is 13.1. The summed E-state index contributed by atoms with van der Waals surface area (Å²) in [6.07, 6.45) is 1.32. The molecule has 2 atom stereocenters. The van der Waals surface area contributed by atoms with E-state index >= 15 is 0 Å². The van der Waals surface area contributed by atoms with Crippen LogP contribution in [0.5, 0.6) is 5.75 Å². The first kappa shape index (κ1) is 11.7. The molecule has 1 fully saturated rings. The largest absolute Gasteiger partial charge is 0.506 e. The Balaban J connectivity index is 1.91. The number of rotatable bonds is 3. The fraction of sp³-hybridized carbons (Fsp3) is 0.500. The van der Waals surface area contributed by atoms with Crippen LogP contribution in [-0.2, 0) is 11.3 Å². The molecule has 1 saturated heterocycles. The maximum atomic E-state index is 9.29. The summed E-state index contributed by atoms with van der Waals surface area (Å²) in [7, 11) is 0. The first-order valence-electron chi connectivity index (χ1n) is 5.49. The Bertz CT molecular complexity index is 370.